The van der Waals surface area contributed by atoms with Crippen LogP contribution in [0.1, 0.15) is 19.8 Å². The molecule has 6 heteroatoms. The van der Waals surface area contributed by atoms with Gasteiger partial charge < -0.3 is 11.1 Å². The van der Waals surface area contributed by atoms with Crippen LogP contribution in [0, 0.1) is 17.6 Å². The van der Waals surface area contributed by atoms with Gasteiger partial charge in [0.1, 0.15) is 11.6 Å². The Morgan fingerprint density at radius 3 is 2.67 bits per heavy atom. The first-order valence-corrected chi connectivity index (χ1v) is 6.44. The molecule has 0 spiro atoms. The van der Waals surface area contributed by atoms with Crippen LogP contribution >= 0.6 is 15.9 Å². The molecule has 3 N–H and O–H groups in total. The van der Waals surface area contributed by atoms with Crippen molar-refractivity contribution in [3.8, 4) is 0 Å². The molecule has 0 heterocycles. The molecule has 3 nitrogen and oxygen atoms in total. The zero-order chi connectivity index (χ0) is 13.7. The molecule has 0 fully saturated rings. The predicted molar refractivity (Wildman–Crippen MR) is 70.1 cm³/mol. The number of nitrogens with two attached hydrogens (primary N) is 1. The van der Waals surface area contributed by atoms with E-state index < -0.39 is 11.6 Å². The number of carbonyl (C=O) groups excluding carboxylic acids is 1. The van der Waals surface area contributed by atoms with Gasteiger partial charge in [-0.2, -0.15) is 0 Å². The molecule has 100 valence electrons. The summed E-state index contributed by atoms with van der Waals surface area (Å²) >= 11 is 2.87. The summed E-state index contributed by atoms with van der Waals surface area (Å²) < 4.78 is 26.8. The molecule has 0 bridgehead atoms. The van der Waals surface area contributed by atoms with Crippen LogP contribution in [0.2, 0.25) is 0 Å². The maximum atomic E-state index is 13.5. The zero-order valence-corrected chi connectivity index (χ0v) is 11.6. The van der Waals surface area contributed by atoms with Gasteiger partial charge in [0.25, 0.3) is 0 Å². The molecule has 0 aliphatic carbocycles. The van der Waals surface area contributed by atoms with Crippen LogP contribution in [0.5, 0.6) is 0 Å². The molecule has 0 aliphatic rings. The average molecular weight is 321 g/mol. The highest BCUT2D eigenvalue weighted by atomic mass is 79.9. The minimum atomic E-state index is -0.691. The SMILES string of the molecule is CCCC(CN)C(=O)Nc1cc(F)c(Br)cc1F. The molecule has 18 heavy (non-hydrogen) atoms. The van der Waals surface area contributed by atoms with Crippen LogP contribution in [-0.2, 0) is 4.79 Å². The number of rotatable bonds is 5. The second-order valence-corrected chi connectivity index (χ2v) is 4.81. The number of anilines is 1. The van der Waals surface area contributed by atoms with E-state index in [1.165, 1.54) is 0 Å². The molecule has 0 radical (unpaired) electrons. The van der Waals surface area contributed by atoms with E-state index in [0.29, 0.717) is 6.42 Å². The Bertz CT molecular complexity index is 440. The van der Waals surface area contributed by atoms with Gasteiger partial charge in [0, 0.05) is 12.6 Å². The molecule has 0 saturated heterocycles. The lowest BCUT2D eigenvalue weighted by Gasteiger charge is -2.14. The highest BCUT2D eigenvalue weighted by molar-refractivity contribution is 9.10. The molecule has 1 amide bonds. The fourth-order valence-electron chi connectivity index (χ4n) is 1.56. The van der Waals surface area contributed by atoms with E-state index in [0.717, 1.165) is 18.6 Å². The molecular weight excluding hydrogens is 306 g/mol. The largest absolute Gasteiger partial charge is 0.330 e. The molecule has 0 saturated carbocycles. The van der Waals surface area contributed by atoms with E-state index in [1.807, 2.05) is 6.92 Å². The third-order valence-corrected chi connectivity index (χ3v) is 3.17. The molecule has 1 rings (SSSR count). The van der Waals surface area contributed by atoms with Gasteiger partial charge in [-0.15, -0.1) is 0 Å². The Morgan fingerprint density at radius 2 is 2.11 bits per heavy atom. The lowest BCUT2D eigenvalue weighted by atomic mass is 10.0. The van der Waals surface area contributed by atoms with Gasteiger partial charge in [-0.25, -0.2) is 8.78 Å². The summed E-state index contributed by atoms with van der Waals surface area (Å²) in [5.41, 5.74) is 5.30. The van der Waals surface area contributed by atoms with Gasteiger partial charge in [-0.3, -0.25) is 4.79 Å². The van der Waals surface area contributed by atoms with Crippen LogP contribution in [0.4, 0.5) is 14.5 Å². The van der Waals surface area contributed by atoms with Crippen molar-refractivity contribution in [2.45, 2.75) is 19.8 Å². The lowest BCUT2D eigenvalue weighted by Crippen LogP contribution is -2.29. The van der Waals surface area contributed by atoms with Crippen LogP contribution < -0.4 is 11.1 Å². The first-order valence-electron chi connectivity index (χ1n) is 5.65. The van der Waals surface area contributed by atoms with Gasteiger partial charge >= 0.3 is 0 Å². The highest BCUT2D eigenvalue weighted by Crippen LogP contribution is 2.24. The third kappa shape index (κ3) is 3.74. The van der Waals surface area contributed by atoms with Crippen molar-refractivity contribution in [1.82, 2.24) is 0 Å². The summed E-state index contributed by atoms with van der Waals surface area (Å²) in [5.74, 6) is -2.10. The number of carbonyl (C=O) groups is 1. The second-order valence-electron chi connectivity index (χ2n) is 3.96. The van der Waals surface area contributed by atoms with Gasteiger partial charge in [-0.1, -0.05) is 13.3 Å². The predicted octanol–water partition coefficient (Wildman–Crippen LogP) is 3.04. The topological polar surface area (TPSA) is 55.1 Å². The van der Waals surface area contributed by atoms with Crippen molar-refractivity contribution < 1.29 is 13.6 Å². The normalized spacial score (nSPS) is 12.3. The average Bonchev–Trinajstić information content (AvgIpc) is 2.32. The zero-order valence-electron chi connectivity index (χ0n) is 9.97. The van der Waals surface area contributed by atoms with E-state index >= 15 is 0 Å². The van der Waals surface area contributed by atoms with Crippen molar-refractivity contribution in [2.75, 3.05) is 11.9 Å². The summed E-state index contributed by atoms with van der Waals surface area (Å²) in [6, 6.07) is 1.92. The summed E-state index contributed by atoms with van der Waals surface area (Å²) in [5, 5.41) is 2.36. The summed E-state index contributed by atoms with van der Waals surface area (Å²) in [4.78, 5) is 11.8. The smallest absolute Gasteiger partial charge is 0.228 e. The molecule has 1 unspecified atom stereocenters. The summed E-state index contributed by atoms with van der Waals surface area (Å²) in [6.45, 7) is 2.11. The fourth-order valence-corrected chi connectivity index (χ4v) is 1.87. The molecule has 0 aromatic heterocycles. The number of hydrogen-bond acceptors (Lipinski definition) is 2. The summed E-state index contributed by atoms with van der Waals surface area (Å²) in [6.07, 6.45) is 1.41. The molecule has 1 atom stereocenters. The summed E-state index contributed by atoms with van der Waals surface area (Å²) in [7, 11) is 0. The standard InChI is InChI=1S/C12H15BrF2N2O/c1-2-3-7(6-16)12(18)17-11-5-9(14)8(13)4-10(11)15/h4-5,7H,2-3,6,16H2,1H3,(H,17,18). The first-order chi connectivity index (χ1) is 8.49. The number of benzene rings is 1. The molecule has 0 aliphatic heterocycles. The van der Waals surface area contributed by atoms with E-state index in [1.54, 1.807) is 0 Å². The van der Waals surface area contributed by atoms with Crippen LogP contribution in [0.15, 0.2) is 16.6 Å². The van der Waals surface area contributed by atoms with E-state index in [2.05, 4.69) is 21.2 Å². The van der Waals surface area contributed by atoms with Crippen molar-refractivity contribution >= 4 is 27.5 Å². The second kappa shape index (κ2) is 6.80. The van der Waals surface area contributed by atoms with Crippen LogP contribution in [-0.4, -0.2) is 12.5 Å². The van der Waals surface area contributed by atoms with Crippen molar-refractivity contribution in [3.05, 3.63) is 28.2 Å². The highest BCUT2D eigenvalue weighted by Gasteiger charge is 2.18. The van der Waals surface area contributed by atoms with Crippen molar-refractivity contribution in [3.63, 3.8) is 0 Å². The molecule has 1 aromatic carbocycles. The van der Waals surface area contributed by atoms with E-state index in [4.69, 9.17) is 5.73 Å². The van der Waals surface area contributed by atoms with Crippen molar-refractivity contribution in [1.29, 1.82) is 0 Å². The monoisotopic (exact) mass is 320 g/mol. The maximum Gasteiger partial charge on any atom is 0.228 e. The Balaban J connectivity index is 2.84. The van der Waals surface area contributed by atoms with E-state index in [9.17, 15) is 13.6 Å². The Labute approximate surface area is 113 Å². The van der Waals surface area contributed by atoms with Crippen LogP contribution in [0.3, 0.4) is 0 Å². The Morgan fingerprint density at radius 1 is 1.44 bits per heavy atom. The number of nitrogens with one attached hydrogen (secondary N) is 1. The Kier molecular flexibility index (Phi) is 5.68. The Hall–Kier alpha value is -1.01. The molecule has 1 aromatic rings. The quantitative estimate of drug-likeness (QED) is 0.819. The van der Waals surface area contributed by atoms with Gasteiger partial charge in [0.15, 0.2) is 0 Å². The van der Waals surface area contributed by atoms with Crippen molar-refractivity contribution in [2.24, 2.45) is 11.7 Å². The number of hydrogen-bond donors (Lipinski definition) is 2. The molecular formula is C12H15BrF2N2O. The fraction of sp³-hybridized carbons (Fsp3) is 0.417. The minimum absolute atomic E-state index is 0.0157. The third-order valence-electron chi connectivity index (χ3n) is 2.56. The first kappa shape index (κ1) is 15.0. The maximum absolute atomic E-state index is 13.5. The van der Waals surface area contributed by atoms with Gasteiger partial charge in [0.05, 0.1) is 16.1 Å². The van der Waals surface area contributed by atoms with Gasteiger partial charge in [0.2, 0.25) is 5.91 Å². The van der Waals surface area contributed by atoms with Gasteiger partial charge in [-0.05, 0) is 28.4 Å². The lowest BCUT2D eigenvalue weighted by molar-refractivity contribution is -0.119. The number of halogens is 3. The minimum Gasteiger partial charge on any atom is -0.330 e. The number of amides is 1. The van der Waals surface area contributed by atoms with E-state index in [-0.39, 0.29) is 28.5 Å². The van der Waals surface area contributed by atoms with Crippen LogP contribution in [0.25, 0.3) is 0 Å².